The average molecular weight is 274 g/mol. The molecular formula is C17H26N2O. The van der Waals surface area contributed by atoms with Crippen LogP contribution in [0.2, 0.25) is 0 Å². The summed E-state index contributed by atoms with van der Waals surface area (Å²) in [6.45, 7) is 12.4. The molecule has 0 aliphatic carbocycles. The number of nitrogens with zero attached hydrogens (tertiary/aromatic N) is 1. The summed E-state index contributed by atoms with van der Waals surface area (Å²) in [5, 5.41) is 3.45. The third-order valence-corrected chi connectivity index (χ3v) is 3.84. The third kappa shape index (κ3) is 3.40. The van der Waals surface area contributed by atoms with E-state index in [0.717, 1.165) is 18.7 Å². The lowest BCUT2D eigenvalue weighted by atomic mass is 9.86. The Balaban J connectivity index is 2.13. The lowest BCUT2D eigenvalue weighted by Crippen LogP contribution is -2.55. The number of carbonyl (C=O) groups excluding carboxylic acids is 1. The van der Waals surface area contributed by atoms with Crippen molar-refractivity contribution in [2.75, 3.05) is 13.1 Å². The first-order valence-corrected chi connectivity index (χ1v) is 7.43. The summed E-state index contributed by atoms with van der Waals surface area (Å²) in [4.78, 5) is 14.5. The Morgan fingerprint density at radius 3 is 2.05 bits per heavy atom. The topological polar surface area (TPSA) is 32.3 Å². The van der Waals surface area contributed by atoms with Crippen molar-refractivity contribution in [3.8, 4) is 0 Å². The molecule has 1 saturated heterocycles. The standard InChI is InChI=1S/C17H26N2O/c1-12-10-19(11-13(2)18-12)16(20)14-6-8-15(9-7-14)17(3,4)5/h6-9,12-13,18H,10-11H2,1-5H3/t12-,13+. The van der Waals surface area contributed by atoms with Crippen molar-refractivity contribution >= 4 is 5.91 Å². The van der Waals surface area contributed by atoms with Crippen molar-refractivity contribution in [3.63, 3.8) is 0 Å². The molecule has 0 aromatic heterocycles. The van der Waals surface area contributed by atoms with Gasteiger partial charge in [0.1, 0.15) is 0 Å². The number of hydrogen-bond donors (Lipinski definition) is 1. The molecule has 1 aromatic rings. The molecule has 1 heterocycles. The highest BCUT2D eigenvalue weighted by atomic mass is 16.2. The largest absolute Gasteiger partial charge is 0.336 e. The van der Waals surface area contributed by atoms with E-state index in [9.17, 15) is 4.79 Å². The molecule has 1 aliphatic rings. The van der Waals surface area contributed by atoms with E-state index in [1.165, 1.54) is 5.56 Å². The van der Waals surface area contributed by atoms with Gasteiger partial charge in [0.2, 0.25) is 0 Å². The molecule has 110 valence electrons. The lowest BCUT2D eigenvalue weighted by molar-refractivity contribution is 0.0673. The van der Waals surface area contributed by atoms with Gasteiger partial charge >= 0.3 is 0 Å². The van der Waals surface area contributed by atoms with Crippen LogP contribution in [0.25, 0.3) is 0 Å². The second-order valence-corrected chi connectivity index (χ2v) is 7.01. The Labute approximate surface area is 122 Å². The lowest BCUT2D eigenvalue weighted by Gasteiger charge is -2.36. The normalized spacial score (nSPS) is 23.8. The van der Waals surface area contributed by atoms with E-state index >= 15 is 0 Å². The molecule has 1 amide bonds. The van der Waals surface area contributed by atoms with E-state index in [1.807, 2.05) is 17.0 Å². The van der Waals surface area contributed by atoms with Crippen LogP contribution in [-0.4, -0.2) is 36.0 Å². The molecule has 2 rings (SSSR count). The van der Waals surface area contributed by atoms with Crippen molar-refractivity contribution in [3.05, 3.63) is 35.4 Å². The molecule has 0 unspecified atom stereocenters. The maximum absolute atomic E-state index is 12.5. The summed E-state index contributed by atoms with van der Waals surface area (Å²) < 4.78 is 0. The highest BCUT2D eigenvalue weighted by Gasteiger charge is 2.25. The molecule has 0 spiro atoms. The predicted molar refractivity (Wildman–Crippen MR) is 83.1 cm³/mol. The number of nitrogens with one attached hydrogen (secondary N) is 1. The van der Waals surface area contributed by atoms with Gasteiger partial charge in [-0.1, -0.05) is 32.9 Å². The number of benzene rings is 1. The van der Waals surface area contributed by atoms with Crippen molar-refractivity contribution in [2.24, 2.45) is 0 Å². The van der Waals surface area contributed by atoms with Gasteiger partial charge in [0, 0.05) is 30.7 Å². The second kappa shape index (κ2) is 5.57. The van der Waals surface area contributed by atoms with Gasteiger partial charge in [-0.3, -0.25) is 4.79 Å². The van der Waals surface area contributed by atoms with E-state index in [1.54, 1.807) is 0 Å². The Hall–Kier alpha value is -1.35. The number of hydrogen-bond acceptors (Lipinski definition) is 2. The molecule has 3 nitrogen and oxygen atoms in total. The Morgan fingerprint density at radius 1 is 1.10 bits per heavy atom. The Morgan fingerprint density at radius 2 is 1.60 bits per heavy atom. The van der Waals surface area contributed by atoms with Crippen molar-refractivity contribution in [1.29, 1.82) is 0 Å². The number of rotatable bonds is 1. The first-order valence-electron chi connectivity index (χ1n) is 7.43. The molecule has 2 atom stereocenters. The second-order valence-electron chi connectivity index (χ2n) is 7.01. The van der Waals surface area contributed by atoms with Crippen LogP contribution in [0, 0.1) is 0 Å². The fourth-order valence-electron chi connectivity index (χ4n) is 2.79. The molecule has 0 saturated carbocycles. The summed E-state index contributed by atoms with van der Waals surface area (Å²) in [6.07, 6.45) is 0. The van der Waals surface area contributed by atoms with Crippen LogP contribution in [0.15, 0.2) is 24.3 Å². The van der Waals surface area contributed by atoms with E-state index in [2.05, 4.69) is 52.1 Å². The summed E-state index contributed by atoms with van der Waals surface area (Å²) >= 11 is 0. The van der Waals surface area contributed by atoms with Gasteiger partial charge in [-0.25, -0.2) is 0 Å². The maximum Gasteiger partial charge on any atom is 0.253 e. The minimum atomic E-state index is 0.125. The Bertz CT molecular complexity index is 463. The van der Waals surface area contributed by atoms with E-state index in [4.69, 9.17) is 0 Å². The average Bonchev–Trinajstić information content (AvgIpc) is 2.36. The fraction of sp³-hybridized carbons (Fsp3) is 0.588. The van der Waals surface area contributed by atoms with Gasteiger partial charge in [-0.05, 0) is 37.0 Å². The van der Waals surface area contributed by atoms with Gasteiger partial charge in [0.25, 0.3) is 5.91 Å². The van der Waals surface area contributed by atoms with Crippen LogP contribution in [0.5, 0.6) is 0 Å². The minimum Gasteiger partial charge on any atom is -0.336 e. The van der Waals surface area contributed by atoms with Crippen LogP contribution < -0.4 is 5.32 Å². The number of carbonyl (C=O) groups is 1. The van der Waals surface area contributed by atoms with Gasteiger partial charge < -0.3 is 10.2 Å². The van der Waals surface area contributed by atoms with Crippen LogP contribution in [0.3, 0.4) is 0 Å². The van der Waals surface area contributed by atoms with E-state index in [-0.39, 0.29) is 11.3 Å². The van der Waals surface area contributed by atoms with Crippen LogP contribution in [0.4, 0.5) is 0 Å². The van der Waals surface area contributed by atoms with Gasteiger partial charge in [0.15, 0.2) is 0 Å². The smallest absolute Gasteiger partial charge is 0.253 e. The monoisotopic (exact) mass is 274 g/mol. The Kier molecular flexibility index (Phi) is 4.19. The van der Waals surface area contributed by atoms with E-state index in [0.29, 0.717) is 12.1 Å². The molecule has 0 bridgehead atoms. The third-order valence-electron chi connectivity index (χ3n) is 3.84. The molecule has 20 heavy (non-hydrogen) atoms. The van der Waals surface area contributed by atoms with E-state index < -0.39 is 0 Å². The molecule has 3 heteroatoms. The zero-order chi connectivity index (χ0) is 14.9. The van der Waals surface area contributed by atoms with Gasteiger partial charge in [-0.2, -0.15) is 0 Å². The molecular weight excluding hydrogens is 248 g/mol. The summed E-state index contributed by atoms with van der Waals surface area (Å²) in [5.41, 5.74) is 2.18. The number of amides is 1. The van der Waals surface area contributed by atoms with Crippen LogP contribution >= 0.6 is 0 Å². The quantitative estimate of drug-likeness (QED) is 0.854. The summed E-state index contributed by atoms with van der Waals surface area (Å²) in [6, 6.07) is 8.78. The SMILES string of the molecule is C[C@@H]1CN(C(=O)c2ccc(C(C)(C)C)cc2)C[C@H](C)N1. The first kappa shape index (κ1) is 15.0. The number of piperazine rings is 1. The molecule has 1 aromatic carbocycles. The first-order chi connectivity index (χ1) is 9.27. The van der Waals surface area contributed by atoms with Crippen LogP contribution in [0.1, 0.15) is 50.5 Å². The molecule has 0 radical (unpaired) electrons. The predicted octanol–water partition coefficient (Wildman–Crippen LogP) is 2.81. The highest BCUT2D eigenvalue weighted by Crippen LogP contribution is 2.22. The maximum atomic E-state index is 12.5. The molecule has 1 fully saturated rings. The summed E-state index contributed by atoms with van der Waals surface area (Å²) in [5.74, 6) is 0.144. The fourth-order valence-corrected chi connectivity index (χ4v) is 2.79. The zero-order valence-corrected chi connectivity index (χ0v) is 13.2. The van der Waals surface area contributed by atoms with Crippen molar-refractivity contribution < 1.29 is 4.79 Å². The van der Waals surface area contributed by atoms with Crippen LogP contribution in [-0.2, 0) is 5.41 Å². The minimum absolute atomic E-state index is 0.125. The van der Waals surface area contributed by atoms with Crippen molar-refractivity contribution in [2.45, 2.75) is 52.1 Å². The summed E-state index contributed by atoms with van der Waals surface area (Å²) in [7, 11) is 0. The highest BCUT2D eigenvalue weighted by molar-refractivity contribution is 5.94. The molecule has 1 N–H and O–H groups in total. The van der Waals surface area contributed by atoms with Crippen molar-refractivity contribution in [1.82, 2.24) is 10.2 Å². The van der Waals surface area contributed by atoms with Gasteiger partial charge in [-0.15, -0.1) is 0 Å². The molecule has 1 aliphatic heterocycles. The van der Waals surface area contributed by atoms with Gasteiger partial charge in [0.05, 0.1) is 0 Å². The zero-order valence-electron chi connectivity index (χ0n) is 13.2.